The van der Waals surface area contributed by atoms with Crippen molar-refractivity contribution in [2.24, 2.45) is 5.41 Å². The molecule has 5 nitrogen and oxygen atoms in total. The maximum atomic E-state index is 12.0. The van der Waals surface area contributed by atoms with E-state index in [1.807, 2.05) is 20.8 Å². The molecule has 0 aromatic carbocycles. The number of ether oxygens (including phenoxy) is 3. The van der Waals surface area contributed by atoms with E-state index in [0.29, 0.717) is 15.7 Å². The second kappa shape index (κ2) is 6.69. The predicted molar refractivity (Wildman–Crippen MR) is 85.7 cm³/mol. The number of rotatable bonds is 4. The first-order chi connectivity index (χ1) is 9.94. The Bertz CT molecular complexity index is 546. The van der Waals surface area contributed by atoms with Crippen LogP contribution >= 0.6 is 11.3 Å². The molecule has 0 saturated carbocycles. The summed E-state index contributed by atoms with van der Waals surface area (Å²) in [5.74, 6) is -0.482. The van der Waals surface area contributed by atoms with E-state index in [0.717, 1.165) is 11.3 Å². The van der Waals surface area contributed by atoms with E-state index in [-0.39, 0.29) is 12.6 Å². The van der Waals surface area contributed by atoms with Crippen LogP contribution in [0.1, 0.15) is 58.1 Å². The Morgan fingerprint density at radius 3 is 2.18 bits per heavy atom. The van der Waals surface area contributed by atoms with E-state index >= 15 is 0 Å². The van der Waals surface area contributed by atoms with Gasteiger partial charge in [0.05, 0.1) is 12.0 Å². The molecule has 0 aliphatic carbocycles. The van der Waals surface area contributed by atoms with Crippen molar-refractivity contribution in [1.29, 1.82) is 0 Å². The zero-order valence-corrected chi connectivity index (χ0v) is 15.1. The number of carbonyl (C=O) groups is 2. The van der Waals surface area contributed by atoms with Gasteiger partial charge in [0.25, 0.3) is 0 Å². The first-order valence-corrected chi connectivity index (χ1v) is 7.98. The third-order valence-corrected chi connectivity index (χ3v) is 3.33. The van der Waals surface area contributed by atoms with Crippen LogP contribution in [-0.4, -0.2) is 24.1 Å². The monoisotopic (exact) mass is 328 g/mol. The van der Waals surface area contributed by atoms with Gasteiger partial charge in [-0.15, -0.1) is 0 Å². The zero-order chi connectivity index (χ0) is 17.1. The van der Waals surface area contributed by atoms with Gasteiger partial charge in [-0.05, 0) is 48.5 Å². The number of esters is 2. The first-order valence-electron chi connectivity index (χ1n) is 7.16. The summed E-state index contributed by atoms with van der Waals surface area (Å²) in [6, 6.07) is 1.56. The van der Waals surface area contributed by atoms with E-state index in [2.05, 4.69) is 0 Å². The Morgan fingerprint density at radius 1 is 1.14 bits per heavy atom. The lowest BCUT2D eigenvalue weighted by atomic mass is 9.97. The predicted octanol–water partition coefficient (Wildman–Crippen LogP) is 4.05. The van der Waals surface area contributed by atoms with Gasteiger partial charge in [0.15, 0.2) is 9.94 Å². The Morgan fingerprint density at radius 2 is 1.73 bits per heavy atom. The SMILES string of the molecule is CCOC(=O)c1sc(OC(=O)C(C)(C)C)cc1OC(C)(C)C. The van der Waals surface area contributed by atoms with Gasteiger partial charge >= 0.3 is 11.9 Å². The maximum Gasteiger partial charge on any atom is 0.352 e. The van der Waals surface area contributed by atoms with E-state index in [4.69, 9.17) is 14.2 Å². The van der Waals surface area contributed by atoms with Gasteiger partial charge in [-0.2, -0.15) is 0 Å². The molecule has 0 radical (unpaired) electrons. The third-order valence-electron chi connectivity index (χ3n) is 2.36. The van der Waals surface area contributed by atoms with Crippen molar-refractivity contribution in [3.8, 4) is 10.8 Å². The highest BCUT2D eigenvalue weighted by atomic mass is 32.1. The van der Waals surface area contributed by atoms with Gasteiger partial charge in [-0.1, -0.05) is 11.3 Å². The van der Waals surface area contributed by atoms with Crippen LogP contribution in [0.5, 0.6) is 10.8 Å². The first kappa shape index (κ1) is 18.5. The molecule has 0 aliphatic heterocycles. The summed E-state index contributed by atoms with van der Waals surface area (Å²) in [4.78, 5) is 24.3. The Balaban J connectivity index is 3.09. The largest absolute Gasteiger partial charge is 0.486 e. The summed E-state index contributed by atoms with van der Waals surface area (Å²) in [5.41, 5.74) is -1.10. The second-order valence-corrected chi connectivity index (χ2v) is 7.85. The highest BCUT2D eigenvalue weighted by molar-refractivity contribution is 7.16. The van der Waals surface area contributed by atoms with E-state index in [1.165, 1.54) is 0 Å². The number of hydrogen-bond donors (Lipinski definition) is 0. The minimum atomic E-state index is -0.626. The van der Waals surface area contributed by atoms with Crippen molar-refractivity contribution in [1.82, 2.24) is 0 Å². The molecule has 22 heavy (non-hydrogen) atoms. The van der Waals surface area contributed by atoms with Gasteiger partial charge in [-0.3, -0.25) is 4.79 Å². The Kier molecular flexibility index (Phi) is 5.62. The van der Waals surface area contributed by atoms with E-state index in [1.54, 1.807) is 33.8 Å². The minimum Gasteiger partial charge on any atom is -0.486 e. The molecule has 0 spiro atoms. The molecule has 0 N–H and O–H groups in total. The molecule has 1 aromatic heterocycles. The molecule has 1 heterocycles. The summed E-state index contributed by atoms with van der Waals surface area (Å²) in [7, 11) is 0. The molecule has 0 unspecified atom stereocenters. The molecule has 0 saturated heterocycles. The van der Waals surface area contributed by atoms with Crippen molar-refractivity contribution >= 4 is 23.3 Å². The lowest BCUT2D eigenvalue weighted by Gasteiger charge is -2.20. The van der Waals surface area contributed by atoms with Gasteiger partial charge < -0.3 is 14.2 Å². The van der Waals surface area contributed by atoms with Gasteiger partial charge in [0, 0.05) is 6.07 Å². The summed E-state index contributed by atoms with van der Waals surface area (Å²) in [6.07, 6.45) is 0. The van der Waals surface area contributed by atoms with Crippen molar-refractivity contribution in [3.63, 3.8) is 0 Å². The number of thiophene rings is 1. The summed E-state index contributed by atoms with van der Waals surface area (Å²) in [6.45, 7) is 12.9. The van der Waals surface area contributed by atoms with Crippen molar-refractivity contribution in [3.05, 3.63) is 10.9 Å². The van der Waals surface area contributed by atoms with Crippen LogP contribution in [0, 0.1) is 5.41 Å². The van der Waals surface area contributed by atoms with Crippen LogP contribution in [0.15, 0.2) is 6.07 Å². The van der Waals surface area contributed by atoms with Crippen molar-refractivity contribution in [2.45, 2.75) is 54.1 Å². The van der Waals surface area contributed by atoms with E-state index < -0.39 is 17.0 Å². The Hall–Kier alpha value is -1.56. The average Bonchev–Trinajstić information content (AvgIpc) is 2.68. The average molecular weight is 328 g/mol. The van der Waals surface area contributed by atoms with Gasteiger partial charge in [0.1, 0.15) is 11.4 Å². The molecule has 0 bridgehead atoms. The summed E-state index contributed by atoms with van der Waals surface area (Å²) >= 11 is 1.05. The van der Waals surface area contributed by atoms with Crippen LogP contribution in [-0.2, 0) is 9.53 Å². The molecule has 124 valence electrons. The Labute approximate surface area is 135 Å². The lowest BCUT2D eigenvalue weighted by Crippen LogP contribution is -2.25. The fraction of sp³-hybridized carbons (Fsp3) is 0.625. The van der Waals surface area contributed by atoms with Crippen LogP contribution in [0.4, 0.5) is 0 Å². The minimum absolute atomic E-state index is 0.267. The number of hydrogen-bond acceptors (Lipinski definition) is 6. The molecule has 0 aliphatic rings. The maximum absolute atomic E-state index is 12.0. The van der Waals surface area contributed by atoms with Crippen molar-refractivity contribution in [2.75, 3.05) is 6.61 Å². The normalized spacial score (nSPS) is 12.0. The molecular formula is C16H24O5S. The summed E-state index contributed by atoms with van der Waals surface area (Å²) < 4.78 is 16.1. The molecule has 6 heteroatoms. The van der Waals surface area contributed by atoms with Crippen LogP contribution < -0.4 is 9.47 Å². The fourth-order valence-electron chi connectivity index (χ4n) is 1.39. The van der Waals surface area contributed by atoms with Gasteiger partial charge in [-0.25, -0.2) is 4.79 Å². The van der Waals surface area contributed by atoms with Crippen LogP contribution in [0.2, 0.25) is 0 Å². The molecular weight excluding hydrogens is 304 g/mol. The lowest BCUT2D eigenvalue weighted by molar-refractivity contribution is -0.142. The number of carbonyl (C=O) groups excluding carboxylic acids is 2. The zero-order valence-electron chi connectivity index (χ0n) is 14.2. The fourth-order valence-corrected chi connectivity index (χ4v) is 2.22. The quantitative estimate of drug-likeness (QED) is 0.780. The van der Waals surface area contributed by atoms with Crippen LogP contribution in [0.25, 0.3) is 0 Å². The highest BCUT2D eigenvalue weighted by Crippen LogP contribution is 2.38. The molecule has 0 amide bonds. The molecule has 0 fully saturated rings. The molecule has 1 rings (SSSR count). The smallest absolute Gasteiger partial charge is 0.352 e. The van der Waals surface area contributed by atoms with Crippen molar-refractivity contribution < 1.29 is 23.8 Å². The molecule has 1 aromatic rings. The topological polar surface area (TPSA) is 61.8 Å². The van der Waals surface area contributed by atoms with Gasteiger partial charge in [0.2, 0.25) is 0 Å². The standard InChI is InChI=1S/C16H24O5S/c1-8-19-13(17)12-10(21-16(5,6)7)9-11(22-12)20-14(18)15(2,3)4/h9H,8H2,1-7H3. The van der Waals surface area contributed by atoms with E-state index in [9.17, 15) is 9.59 Å². The summed E-state index contributed by atoms with van der Waals surface area (Å²) in [5, 5.41) is 0.322. The van der Waals surface area contributed by atoms with Crippen LogP contribution in [0.3, 0.4) is 0 Å². The highest BCUT2D eigenvalue weighted by Gasteiger charge is 2.28. The molecule has 0 atom stereocenters. The second-order valence-electron chi connectivity index (χ2n) is 6.83. The third kappa shape index (κ3) is 5.33.